The van der Waals surface area contributed by atoms with E-state index in [0.29, 0.717) is 25.6 Å². The number of rotatable bonds is 9. The molecule has 0 aliphatic carbocycles. The van der Waals surface area contributed by atoms with Crippen molar-refractivity contribution in [2.24, 2.45) is 5.84 Å². The number of nitrogens with two attached hydrogens (primary N) is 1. The Morgan fingerprint density at radius 3 is 2.71 bits per heavy atom. The van der Waals surface area contributed by atoms with Crippen LogP contribution < -0.4 is 16.2 Å². The third kappa shape index (κ3) is 4.81. The summed E-state index contributed by atoms with van der Waals surface area (Å²) >= 11 is 0. The standard InChI is InChI=1S/C12H21N5O4/c1-9(8-21-3)16(4-5-20-2)12-7-10(17(18)19)6-11(14-12)15-13/h6-7,9H,4-5,8,13H2,1-3H3,(H,14,15). The van der Waals surface area contributed by atoms with Gasteiger partial charge in [0.05, 0.1) is 36.3 Å². The molecular weight excluding hydrogens is 278 g/mol. The molecule has 1 unspecified atom stereocenters. The highest BCUT2D eigenvalue weighted by Gasteiger charge is 2.20. The lowest BCUT2D eigenvalue weighted by atomic mass is 10.2. The van der Waals surface area contributed by atoms with Crippen molar-refractivity contribution < 1.29 is 14.4 Å². The molecule has 0 amide bonds. The van der Waals surface area contributed by atoms with Crippen LogP contribution in [0.1, 0.15) is 6.92 Å². The fourth-order valence-corrected chi connectivity index (χ4v) is 1.91. The Bertz CT molecular complexity index is 471. The molecule has 9 heteroatoms. The number of nitrogen functional groups attached to an aromatic ring is 1. The maximum Gasteiger partial charge on any atom is 0.276 e. The number of hydrogen-bond acceptors (Lipinski definition) is 8. The van der Waals surface area contributed by atoms with Gasteiger partial charge in [-0.15, -0.1) is 0 Å². The van der Waals surface area contributed by atoms with Crippen molar-refractivity contribution in [3.05, 3.63) is 22.2 Å². The molecule has 0 aliphatic rings. The highest BCUT2D eigenvalue weighted by atomic mass is 16.6. The highest BCUT2D eigenvalue weighted by molar-refractivity contribution is 5.56. The van der Waals surface area contributed by atoms with Gasteiger partial charge in [0.2, 0.25) is 0 Å². The van der Waals surface area contributed by atoms with Crippen LogP contribution in [0, 0.1) is 10.1 Å². The Morgan fingerprint density at radius 1 is 1.48 bits per heavy atom. The number of ether oxygens (including phenoxy) is 2. The SMILES string of the molecule is COCCN(c1cc([N+](=O)[O-])cc(NN)n1)C(C)COC. The fraction of sp³-hybridized carbons (Fsp3) is 0.583. The van der Waals surface area contributed by atoms with Crippen LogP contribution in [0.5, 0.6) is 0 Å². The molecule has 1 aromatic rings. The molecule has 1 heterocycles. The van der Waals surface area contributed by atoms with Crippen LogP contribution in [0.2, 0.25) is 0 Å². The highest BCUT2D eigenvalue weighted by Crippen LogP contribution is 2.24. The van der Waals surface area contributed by atoms with E-state index in [0.717, 1.165) is 0 Å². The average Bonchev–Trinajstić information content (AvgIpc) is 2.47. The number of aromatic nitrogens is 1. The van der Waals surface area contributed by atoms with E-state index < -0.39 is 4.92 Å². The molecule has 0 bridgehead atoms. The first-order valence-electron chi connectivity index (χ1n) is 6.41. The predicted molar refractivity (Wildman–Crippen MR) is 79.3 cm³/mol. The Balaban J connectivity index is 3.15. The summed E-state index contributed by atoms with van der Waals surface area (Å²) in [6.45, 7) is 3.39. The summed E-state index contributed by atoms with van der Waals surface area (Å²) < 4.78 is 10.2. The molecule has 21 heavy (non-hydrogen) atoms. The van der Waals surface area contributed by atoms with Gasteiger partial charge in [0, 0.05) is 20.8 Å². The van der Waals surface area contributed by atoms with Crippen LogP contribution >= 0.6 is 0 Å². The Kier molecular flexibility index (Phi) is 6.79. The normalized spacial score (nSPS) is 12.0. The van der Waals surface area contributed by atoms with Crippen LogP contribution in [-0.4, -0.2) is 49.9 Å². The zero-order valence-electron chi connectivity index (χ0n) is 12.4. The summed E-state index contributed by atoms with van der Waals surface area (Å²) in [6, 6.07) is 2.66. The molecule has 0 aliphatic heterocycles. The van der Waals surface area contributed by atoms with Gasteiger partial charge in [-0.2, -0.15) is 0 Å². The number of pyridine rings is 1. The van der Waals surface area contributed by atoms with Gasteiger partial charge in [-0.05, 0) is 6.92 Å². The van der Waals surface area contributed by atoms with Crippen molar-refractivity contribution in [1.29, 1.82) is 0 Å². The number of hydrogen-bond donors (Lipinski definition) is 2. The fourth-order valence-electron chi connectivity index (χ4n) is 1.91. The Labute approximate surface area is 123 Å². The van der Waals surface area contributed by atoms with Gasteiger partial charge >= 0.3 is 0 Å². The molecule has 0 fully saturated rings. The first-order chi connectivity index (χ1) is 10.0. The smallest absolute Gasteiger partial charge is 0.276 e. The van der Waals surface area contributed by atoms with E-state index in [1.165, 1.54) is 12.1 Å². The second kappa shape index (κ2) is 8.35. The second-order valence-electron chi connectivity index (χ2n) is 4.46. The molecule has 0 aromatic carbocycles. The Hall–Kier alpha value is -1.97. The number of methoxy groups -OCH3 is 2. The number of nitrogens with zero attached hydrogens (tertiary/aromatic N) is 3. The first-order valence-corrected chi connectivity index (χ1v) is 6.41. The quantitative estimate of drug-likeness (QED) is 0.390. The molecule has 118 valence electrons. The van der Waals surface area contributed by atoms with Crippen LogP contribution in [0.25, 0.3) is 0 Å². The zero-order chi connectivity index (χ0) is 15.8. The summed E-state index contributed by atoms with van der Waals surface area (Å²) in [7, 11) is 3.19. The number of nitro groups is 1. The summed E-state index contributed by atoms with van der Waals surface area (Å²) in [6.07, 6.45) is 0. The number of hydrazine groups is 1. The molecule has 1 rings (SSSR count). The van der Waals surface area contributed by atoms with Crippen LogP contribution in [0.3, 0.4) is 0 Å². The lowest BCUT2D eigenvalue weighted by Gasteiger charge is -2.29. The number of nitrogens with one attached hydrogen (secondary N) is 1. The van der Waals surface area contributed by atoms with Gasteiger partial charge in [0.1, 0.15) is 11.6 Å². The first kappa shape index (κ1) is 17.1. The zero-order valence-corrected chi connectivity index (χ0v) is 12.4. The lowest BCUT2D eigenvalue weighted by molar-refractivity contribution is -0.384. The van der Waals surface area contributed by atoms with Crippen molar-refractivity contribution >= 4 is 17.3 Å². The van der Waals surface area contributed by atoms with Gasteiger partial charge in [0.25, 0.3) is 5.69 Å². The number of anilines is 2. The van der Waals surface area contributed by atoms with Crippen molar-refractivity contribution in [2.75, 3.05) is 44.3 Å². The van der Waals surface area contributed by atoms with E-state index in [4.69, 9.17) is 15.3 Å². The van der Waals surface area contributed by atoms with E-state index in [9.17, 15) is 10.1 Å². The minimum Gasteiger partial charge on any atom is -0.383 e. The Morgan fingerprint density at radius 2 is 2.19 bits per heavy atom. The van der Waals surface area contributed by atoms with E-state index >= 15 is 0 Å². The van der Waals surface area contributed by atoms with Gasteiger partial charge in [-0.3, -0.25) is 10.1 Å². The molecule has 1 atom stereocenters. The maximum atomic E-state index is 11.0. The van der Waals surface area contributed by atoms with Crippen LogP contribution in [-0.2, 0) is 9.47 Å². The van der Waals surface area contributed by atoms with E-state index in [1.807, 2.05) is 11.8 Å². The average molecular weight is 299 g/mol. The minimum atomic E-state index is -0.485. The molecule has 1 aromatic heterocycles. The summed E-state index contributed by atoms with van der Waals surface area (Å²) in [5, 5.41) is 11.0. The largest absolute Gasteiger partial charge is 0.383 e. The molecule has 3 N–H and O–H groups in total. The third-order valence-corrected chi connectivity index (χ3v) is 2.93. The van der Waals surface area contributed by atoms with Gasteiger partial charge < -0.3 is 19.8 Å². The lowest BCUT2D eigenvalue weighted by Crippen LogP contribution is -2.39. The molecule has 0 saturated heterocycles. The predicted octanol–water partition coefficient (Wildman–Crippen LogP) is 0.763. The van der Waals surface area contributed by atoms with Gasteiger partial charge in [0.15, 0.2) is 0 Å². The van der Waals surface area contributed by atoms with Crippen LogP contribution in [0.4, 0.5) is 17.3 Å². The molecule has 9 nitrogen and oxygen atoms in total. The molecule has 0 radical (unpaired) electrons. The topological polar surface area (TPSA) is 116 Å². The minimum absolute atomic E-state index is 0.0229. The van der Waals surface area contributed by atoms with E-state index in [2.05, 4.69) is 10.4 Å². The van der Waals surface area contributed by atoms with Crippen molar-refractivity contribution in [1.82, 2.24) is 4.98 Å². The van der Waals surface area contributed by atoms with Crippen molar-refractivity contribution in [3.8, 4) is 0 Å². The second-order valence-corrected chi connectivity index (χ2v) is 4.46. The van der Waals surface area contributed by atoms with Crippen molar-refractivity contribution in [2.45, 2.75) is 13.0 Å². The van der Waals surface area contributed by atoms with Crippen molar-refractivity contribution in [3.63, 3.8) is 0 Å². The maximum absolute atomic E-state index is 11.0. The third-order valence-electron chi connectivity index (χ3n) is 2.93. The van der Waals surface area contributed by atoms with E-state index in [-0.39, 0.29) is 17.5 Å². The van der Waals surface area contributed by atoms with E-state index in [1.54, 1.807) is 14.2 Å². The summed E-state index contributed by atoms with van der Waals surface area (Å²) in [4.78, 5) is 16.7. The van der Waals surface area contributed by atoms with Gasteiger partial charge in [-0.1, -0.05) is 0 Å². The molecular formula is C12H21N5O4. The molecule has 0 saturated carbocycles. The monoisotopic (exact) mass is 299 g/mol. The molecule has 0 spiro atoms. The van der Waals surface area contributed by atoms with Crippen LogP contribution in [0.15, 0.2) is 12.1 Å². The van der Waals surface area contributed by atoms with Gasteiger partial charge in [-0.25, -0.2) is 10.8 Å². The summed E-state index contributed by atoms with van der Waals surface area (Å²) in [5.74, 6) is 5.99. The summed E-state index contributed by atoms with van der Waals surface area (Å²) in [5.41, 5.74) is 2.26.